The number of anilines is 1. The van der Waals surface area contributed by atoms with Crippen molar-refractivity contribution in [3.63, 3.8) is 0 Å². The molecular weight excluding hydrogens is 672 g/mol. The predicted molar refractivity (Wildman–Crippen MR) is 182 cm³/mol. The molecule has 1 unspecified atom stereocenters. The fraction of sp³-hybridized carbons (Fsp3) is 0.367. The number of alkyl carbamates (subject to hydrolysis) is 1. The highest BCUT2D eigenvalue weighted by molar-refractivity contribution is 8.01. The van der Waals surface area contributed by atoms with Crippen molar-refractivity contribution in [3.05, 3.63) is 59.0 Å². The van der Waals surface area contributed by atoms with Gasteiger partial charge in [-0.05, 0) is 82.2 Å². The summed E-state index contributed by atoms with van der Waals surface area (Å²) in [4.78, 5) is 44.1. The Kier molecular flexibility index (Phi) is 12.3. The Bertz CT molecular complexity index is 1760. The minimum atomic E-state index is -4.27. The molecule has 16 heteroatoms. The molecule has 0 aliphatic rings. The van der Waals surface area contributed by atoms with Crippen molar-refractivity contribution in [3.8, 4) is 11.1 Å². The Morgan fingerprint density at radius 2 is 1.80 bits per heavy atom. The summed E-state index contributed by atoms with van der Waals surface area (Å²) >= 11 is 2.27. The summed E-state index contributed by atoms with van der Waals surface area (Å²) in [6.07, 6.45) is 1.27. The summed E-state index contributed by atoms with van der Waals surface area (Å²) in [5, 5.41) is 16.1. The van der Waals surface area contributed by atoms with Crippen LogP contribution in [0.2, 0.25) is 0 Å². The van der Waals surface area contributed by atoms with Crippen molar-refractivity contribution in [2.24, 2.45) is 0 Å². The second-order valence-electron chi connectivity index (χ2n) is 11.3. The number of amidine groups is 1. The molecular formula is C30H39N4O8PS3. The van der Waals surface area contributed by atoms with Crippen LogP contribution in [-0.4, -0.2) is 60.2 Å². The van der Waals surface area contributed by atoms with Crippen LogP contribution in [0, 0.1) is 12.3 Å². The first kappa shape index (κ1) is 37.3. The number of ether oxygens (including phenoxy) is 1. The molecule has 250 valence electrons. The third kappa shape index (κ3) is 9.66. The summed E-state index contributed by atoms with van der Waals surface area (Å²) in [6.45, 7) is 8.62. The molecule has 1 atom stereocenters. The zero-order chi connectivity index (χ0) is 34.4. The van der Waals surface area contributed by atoms with Crippen LogP contribution in [0.3, 0.4) is 0 Å². The van der Waals surface area contributed by atoms with Crippen LogP contribution < -0.4 is 16.0 Å². The van der Waals surface area contributed by atoms with Crippen LogP contribution in [0.1, 0.15) is 51.0 Å². The molecule has 0 aliphatic heterocycles. The molecule has 6 N–H and O–H groups in total. The number of hydrogen-bond donors (Lipinski definition) is 6. The van der Waals surface area contributed by atoms with Crippen molar-refractivity contribution in [2.45, 2.75) is 72.7 Å². The quantitative estimate of drug-likeness (QED) is 0.0550. The number of rotatable bonds is 11. The fourth-order valence-electron chi connectivity index (χ4n) is 4.51. The highest BCUT2D eigenvalue weighted by Gasteiger charge is 2.28. The predicted octanol–water partition coefficient (Wildman–Crippen LogP) is 6.60. The van der Waals surface area contributed by atoms with Crippen LogP contribution in [0.25, 0.3) is 11.1 Å². The van der Waals surface area contributed by atoms with Gasteiger partial charge in [-0.2, -0.15) is 0 Å². The Morgan fingerprint density at radius 1 is 1.13 bits per heavy atom. The second kappa shape index (κ2) is 15.1. The average Bonchev–Trinajstić information content (AvgIpc) is 3.40. The summed E-state index contributed by atoms with van der Waals surface area (Å²) in [5.41, 5.74) is 0.678. The number of sulfone groups is 1. The lowest BCUT2D eigenvalue weighted by atomic mass is 9.98. The van der Waals surface area contributed by atoms with Gasteiger partial charge in [0.15, 0.2) is 0 Å². The Labute approximate surface area is 277 Å². The molecule has 1 aromatic heterocycles. The summed E-state index contributed by atoms with van der Waals surface area (Å²) < 4.78 is 45.1. The number of carbonyl (C=O) groups excluding carboxylic acids is 2. The van der Waals surface area contributed by atoms with Crippen molar-refractivity contribution >= 4 is 64.2 Å². The van der Waals surface area contributed by atoms with E-state index in [1.807, 2.05) is 13.0 Å². The van der Waals surface area contributed by atoms with E-state index in [0.717, 1.165) is 16.9 Å². The van der Waals surface area contributed by atoms with E-state index in [4.69, 9.17) is 10.1 Å². The lowest BCUT2D eigenvalue weighted by Crippen LogP contribution is -2.36. The van der Waals surface area contributed by atoms with Gasteiger partial charge in [0.25, 0.3) is 0 Å². The van der Waals surface area contributed by atoms with Gasteiger partial charge < -0.3 is 25.2 Å². The van der Waals surface area contributed by atoms with Gasteiger partial charge >= 0.3 is 19.7 Å². The number of carbonyl (C=O) groups is 2. The summed E-state index contributed by atoms with van der Waals surface area (Å²) in [6, 6.07) is 12.3. The largest absolute Gasteiger partial charge is 0.444 e. The molecule has 46 heavy (non-hydrogen) atoms. The maximum atomic E-state index is 13.9. The fourth-order valence-corrected chi connectivity index (χ4v) is 9.39. The Balaban J connectivity index is 1.88. The number of benzene rings is 2. The molecule has 0 spiro atoms. The van der Waals surface area contributed by atoms with E-state index < -0.39 is 40.8 Å². The smallest absolute Gasteiger partial charge is 0.413 e. The topological polar surface area (TPSA) is 195 Å². The number of amides is 3. The SMILES string of the molecule is CCC(CCNC(=O)Nc1cccc(C)c1-c1cccc(S(=O)(=O)c2cc(C(=N)NC(=O)OC(C)(C)C)sc2SC)c1)P(=O)(O)O. The third-order valence-electron chi connectivity index (χ3n) is 6.68. The number of nitrogens with one attached hydrogen (secondary N) is 4. The maximum Gasteiger partial charge on any atom is 0.413 e. The number of thiophene rings is 1. The third-order valence-corrected chi connectivity index (χ3v) is 12.6. The van der Waals surface area contributed by atoms with Crippen molar-refractivity contribution in [2.75, 3.05) is 18.1 Å². The van der Waals surface area contributed by atoms with Crippen LogP contribution in [0.5, 0.6) is 0 Å². The lowest BCUT2D eigenvalue weighted by molar-refractivity contribution is 0.0563. The first-order chi connectivity index (χ1) is 21.4. The Morgan fingerprint density at radius 3 is 2.41 bits per heavy atom. The van der Waals surface area contributed by atoms with Gasteiger partial charge in [-0.3, -0.25) is 15.3 Å². The van der Waals surface area contributed by atoms with Gasteiger partial charge in [0, 0.05) is 12.1 Å². The molecule has 3 rings (SSSR count). The van der Waals surface area contributed by atoms with Gasteiger partial charge in [-0.25, -0.2) is 18.0 Å². The summed E-state index contributed by atoms with van der Waals surface area (Å²) in [5.74, 6) is -0.286. The number of urea groups is 1. The van der Waals surface area contributed by atoms with E-state index in [9.17, 15) is 32.4 Å². The number of hydrogen-bond acceptors (Lipinski definition) is 9. The van der Waals surface area contributed by atoms with Crippen molar-refractivity contribution < 1.29 is 37.1 Å². The highest BCUT2D eigenvalue weighted by atomic mass is 32.2. The first-order valence-corrected chi connectivity index (χ1v) is 19.4. The van der Waals surface area contributed by atoms with E-state index in [1.165, 1.54) is 30.0 Å². The van der Waals surface area contributed by atoms with Crippen LogP contribution >= 0.6 is 30.7 Å². The maximum absolute atomic E-state index is 13.9. The number of aryl methyl sites for hydroxylation is 1. The van der Waals surface area contributed by atoms with Gasteiger partial charge in [0.2, 0.25) is 9.84 Å². The molecule has 1 heterocycles. The van der Waals surface area contributed by atoms with E-state index in [-0.39, 0.29) is 39.9 Å². The van der Waals surface area contributed by atoms with Gasteiger partial charge in [-0.15, -0.1) is 23.1 Å². The molecule has 3 aromatic rings. The van der Waals surface area contributed by atoms with Gasteiger partial charge in [0.05, 0.1) is 30.2 Å². The molecule has 0 aliphatic carbocycles. The van der Waals surface area contributed by atoms with Crippen molar-refractivity contribution in [1.29, 1.82) is 5.41 Å². The highest BCUT2D eigenvalue weighted by Crippen LogP contribution is 2.44. The molecule has 12 nitrogen and oxygen atoms in total. The van der Waals surface area contributed by atoms with Crippen LogP contribution in [0.15, 0.2) is 62.5 Å². The van der Waals surface area contributed by atoms with Crippen LogP contribution in [-0.2, 0) is 19.1 Å². The first-order valence-electron chi connectivity index (χ1n) is 14.2. The number of thioether (sulfide) groups is 1. The zero-order valence-electron chi connectivity index (χ0n) is 26.3. The molecule has 0 fully saturated rings. The minimum Gasteiger partial charge on any atom is -0.444 e. The van der Waals surface area contributed by atoms with E-state index in [1.54, 1.807) is 58.2 Å². The van der Waals surface area contributed by atoms with E-state index in [0.29, 0.717) is 21.0 Å². The monoisotopic (exact) mass is 710 g/mol. The summed E-state index contributed by atoms with van der Waals surface area (Å²) in [7, 11) is -8.35. The molecule has 2 aromatic carbocycles. The Hall–Kier alpha value is -3.20. The molecule has 0 radical (unpaired) electrons. The average molecular weight is 711 g/mol. The van der Waals surface area contributed by atoms with Crippen LogP contribution in [0.4, 0.5) is 15.3 Å². The van der Waals surface area contributed by atoms with E-state index >= 15 is 0 Å². The normalized spacial score (nSPS) is 12.7. The van der Waals surface area contributed by atoms with Gasteiger partial charge in [0.1, 0.15) is 11.4 Å². The molecule has 0 saturated heterocycles. The van der Waals surface area contributed by atoms with E-state index in [2.05, 4.69) is 16.0 Å². The zero-order valence-corrected chi connectivity index (χ0v) is 29.7. The lowest BCUT2D eigenvalue weighted by Gasteiger charge is -2.19. The standard InChI is InChI=1S/C30H39N4O8PS3/c1-7-20(43(37,38)39)14-15-32-28(35)33-22-13-8-10-18(2)25(22)19-11-9-12-21(16-19)46(40,41)24-17-23(45-27(24)44-6)26(31)34-29(36)42-30(3,4)5/h8-13,16-17,20H,7,14-15H2,1-6H3,(H2,31,34,36)(H2,32,33,35)(H2,37,38,39). The minimum absolute atomic E-state index is 0.00187. The second-order valence-corrected chi connectivity index (χ2v) is 17.3. The van der Waals surface area contributed by atoms with Crippen molar-refractivity contribution in [1.82, 2.24) is 10.6 Å². The molecule has 0 bridgehead atoms. The molecule has 0 saturated carbocycles. The molecule has 3 amide bonds. The van der Waals surface area contributed by atoms with Gasteiger partial charge in [-0.1, -0.05) is 31.2 Å².